The lowest BCUT2D eigenvalue weighted by molar-refractivity contribution is 0.0720. The number of hydrogen-bond acceptors (Lipinski definition) is 3. The van der Waals surface area contributed by atoms with Gasteiger partial charge in [-0.15, -0.1) is 0 Å². The Morgan fingerprint density at radius 1 is 1.30 bits per heavy atom. The summed E-state index contributed by atoms with van der Waals surface area (Å²) in [5.74, 6) is 0.0997. The van der Waals surface area contributed by atoms with E-state index in [4.69, 9.17) is 0 Å². The summed E-state index contributed by atoms with van der Waals surface area (Å²) in [5.41, 5.74) is 2.80. The molecule has 1 aromatic carbocycles. The number of benzene rings is 1. The largest absolute Gasteiger partial charge is 0.339 e. The Bertz CT molecular complexity index is 671. The molecule has 1 aliphatic rings. The number of rotatable bonds is 3. The van der Waals surface area contributed by atoms with Crippen molar-refractivity contribution in [3.8, 4) is 11.1 Å². The van der Waals surface area contributed by atoms with Crippen LogP contribution in [0.4, 0.5) is 0 Å². The predicted molar refractivity (Wildman–Crippen MR) is 91.2 cm³/mol. The number of amides is 1. The first kappa shape index (κ1) is 15.7. The molecular formula is C18H24N4O. The summed E-state index contributed by atoms with van der Waals surface area (Å²) in [7, 11) is 3.82. The van der Waals surface area contributed by atoms with Crippen molar-refractivity contribution in [2.75, 3.05) is 20.1 Å². The van der Waals surface area contributed by atoms with E-state index in [0.29, 0.717) is 6.04 Å². The summed E-state index contributed by atoms with van der Waals surface area (Å²) in [6, 6.07) is 8.14. The minimum Gasteiger partial charge on any atom is -0.339 e. The van der Waals surface area contributed by atoms with Gasteiger partial charge in [-0.1, -0.05) is 12.1 Å². The normalized spacial score (nSPS) is 18.4. The fourth-order valence-electron chi connectivity index (χ4n) is 3.16. The van der Waals surface area contributed by atoms with Crippen molar-refractivity contribution >= 4 is 5.91 Å². The topological polar surface area (TPSA) is 50.2 Å². The number of nitrogens with one attached hydrogen (secondary N) is 1. The molecule has 3 rings (SSSR count). The number of nitrogens with zero attached hydrogens (tertiary/aromatic N) is 3. The summed E-state index contributed by atoms with van der Waals surface area (Å²) in [4.78, 5) is 14.7. The van der Waals surface area contributed by atoms with E-state index < -0.39 is 0 Å². The molecule has 1 N–H and O–H groups in total. The highest BCUT2D eigenvalue weighted by molar-refractivity contribution is 5.95. The molecule has 0 bridgehead atoms. The first-order valence-electron chi connectivity index (χ1n) is 8.22. The van der Waals surface area contributed by atoms with Crippen LogP contribution < -0.4 is 5.32 Å². The van der Waals surface area contributed by atoms with Gasteiger partial charge in [-0.25, -0.2) is 0 Å². The maximum absolute atomic E-state index is 12.8. The predicted octanol–water partition coefficient (Wildman–Crippen LogP) is 2.30. The highest BCUT2D eigenvalue weighted by Gasteiger charge is 2.22. The minimum absolute atomic E-state index is 0.0997. The summed E-state index contributed by atoms with van der Waals surface area (Å²) in [6.45, 7) is 2.03. The molecule has 0 radical (unpaired) electrons. The molecule has 23 heavy (non-hydrogen) atoms. The fourth-order valence-corrected chi connectivity index (χ4v) is 3.16. The van der Waals surface area contributed by atoms with Gasteiger partial charge in [0.2, 0.25) is 0 Å². The van der Waals surface area contributed by atoms with Gasteiger partial charge in [-0.2, -0.15) is 5.10 Å². The van der Waals surface area contributed by atoms with Crippen molar-refractivity contribution in [3.05, 3.63) is 42.2 Å². The third kappa shape index (κ3) is 3.62. The van der Waals surface area contributed by atoms with Crippen LogP contribution in [-0.2, 0) is 7.05 Å². The van der Waals surface area contributed by atoms with Gasteiger partial charge in [0, 0.05) is 37.5 Å². The van der Waals surface area contributed by atoms with Crippen LogP contribution in [-0.4, -0.2) is 46.8 Å². The van der Waals surface area contributed by atoms with Gasteiger partial charge >= 0.3 is 0 Å². The van der Waals surface area contributed by atoms with Crippen molar-refractivity contribution in [2.24, 2.45) is 7.05 Å². The maximum atomic E-state index is 12.8. The molecule has 5 heteroatoms. The Labute approximate surface area is 137 Å². The zero-order valence-corrected chi connectivity index (χ0v) is 13.8. The van der Waals surface area contributed by atoms with Crippen LogP contribution >= 0.6 is 0 Å². The van der Waals surface area contributed by atoms with E-state index in [2.05, 4.69) is 10.4 Å². The first-order chi connectivity index (χ1) is 11.1. The quantitative estimate of drug-likeness (QED) is 0.946. The van der Waals surface area contributed by atoms with Crippen LogP contribution in [0.3, 0.4) is 0 Å². The van der Waals surface area contributed by atoms with Crippen molar-refractivity contribution in [3.63, 3.8) is 0 Å². The smallest absolute Gasteiger partial charge is 0.253 e. The number of carbonyl (C=O) groups excluding carboxylic acids is 1. The summed E-state index contributed by atoms with van der Waals surface area (Å²) in [6.07, 6.45) is 6.99. The number of aromatic nitrogens is 2. The second kappa shape index (κ2) is 6.96. The van der Waals surface area contributed by atoms with Gasteiger partial charge in [0.05, 0.1) is 6.20 Å². The van der Waals surface area contributed by atoms with Crippen molar-refractivity contribution < 1.29 is 4.79 Å². The van der Waals surface area contributed by atoms with Crippen LogP contribution in [0.2, 0.25) is 0 Å². The molecule has 0 saturated carbocycles. The average Bonchev–Trinajstić information content (AvgIpc) is 2.84. The highest BCUT2D eigenvalue weighted by atomic mass is 16.2. The Morgan fingerprint density at radius 3 is 2.96 bits per heavy atom. The molecule has 0 aliphatic carbocycles. The van der Waals surface area contributed by atoms with Gasteiger partial charge < -0.3 is 10.2 Å². The van der Waals surface area contributed by atoms with Crippen LogP contribution in [0, 0.1) is 0 Å². The van der Waals surface area contributed by atoms with E-state index in [1.54, 1.807) is 4.68 Å². The van der Waals surface area contributed by atoms with Crippen LogP contribution in [0.5, 0.6) is 0 Å². The molecule has 1 atom stereocenters. The fraction of sp³-hybridized carbons (Fsp3) is 0.444. The molecule has 1 amide bonds. The van der Waals surface area contributed by atoms with E-state index in [-0.39, 0.29) is 5.91 Å². The van der Waals surface area contributed by atoms with E-state index in [9.17, 15) is 4.79 Å². The molecule has 0 spiro atoms. The van der Waals surface area contributed by atoms with Crippen molar-refractivity contribution in [2.45, 2.75) is 25.3 Å². The van der Waals surface area contributed by atoms with E-state index >= 15 is 0 Å². The average molecular weight is 312 g/mol. The zero-order chi connectivity index (χ0) is 16.2. The molecule has 2 heterocycles. The lowest BCUT2D eigenvalue weighted by Crippen LogP contribution is -2.37. The number of hydrogen-bond donors (Lipinski definition) is 1. The first-order valence-corrected chi connectivity index (χ1v) is 8.22. The number of aryl methyl sites for hydroxylation is 1. The van der Waals surface area contributed by atoms with Gasteiger partial charge in [0.25, 0.3) is 5.91 Å². The van der Waals surface area contributed by atoms with Gasteiger partial charge in [-0.3, -0.25) is 9.48 Å². The Hall–Kier alpha value is -2.14. The molecule has 2 aromatic rings. The Kier molecular flexibility index (Phi) is 4.76. The number of carbonyl (C=O) groups is 1. The summed E-state index contributed by atoms with van der Waals surface area (Å²) >= 11 is 0. The molecule has 1 saturated heterocycles. The van der Waals surface area contributed by atoms with Crippen LogP contribution in [0.1, 0.15) is 29.6 Å². The molecule has 1 aromatic heterocycles. The van der Waals surface area contributed by atoms with E-state index in [0.717, 1.165) is 49.0 Å². The van der Waals surface area contributed by atoms with Crippen LogP contribution in [0.15, 0.2) is 36.7 Å². The summed E-state index contributed by atoms with van der Waals surface area (Å²) < 4.78 is 1.77. The summed E-state index contributed by atoms with van der Waals surface area (Å²) in [5, 5.41) is 7.60. The Balaban J connectivity index is 1.79. The highest BCUT2D eigenvalue weighted by Crippen LogP contribution is 2.21. The molecular weight excluding hydrogens is 288 g/mol. The van der Waals surface area contributed by atoms with Gasteiger partial charge in [0.15, 0.2) is 0 Å². The van der Waals surface area contributed by atoms with E-state index in [1.807, 2.05) is 55.7 Å². The Morgan fingerprint density at radius 2 is 2.17 bits per heavy atom. The monoisotopic (exact) mass is 312 g/mol. The lowest BCUT2D eigenvalue weighted by atomic mass is 10.0. The van der Waals surface area contributed by atoms with E-state index in [1.165, 1.54) is 0 Å². The SMILES string of the molecule is CN(C(=O)c1cccc(-c2cnn(C)c2)c1)C1CCCNCC1. The second-order valence-corrected chi connectivity index (χ2v) is 6.23. The molecule has 5 nitrogen and oxygen atoms in total. The molecule has 1 aliphatic heterocycles. The third-order valence-corrected chi connectivity index (χ3v) is 4.56. The van der Waals surface area contributed by atoms with Crippen LogP contribution in [0.25, 0.3) is 11.1 Å². The lowest BCUT2D eigenvalue weighted by Gasteiger charge is -2.27. The van der Waals surface area contributed by atoms with Gasteiger partial charge in [-0.05, 0) is 50.0 Å². The van der Waals surface area contributed by atoms with Gasteiger partial charge in [0.1, 0.15) is 0 Å². The second-order valence-electron chi connectivity index (χ2n) is 6.23. The minimum atomic E-state index is 0.0997. The maximum Gasteiger partial charge on any atom is 0.253 e. The third-order valence-electron chi connectivity index (χ3n) is 4.56. The zero-order valence-electron chi connectivity index (χ0n) is 13.8. The standard InChI is InChI=1S/C18H24N4O/c1-21-13-16(12-20-21)14-5-3-6-15(11-14)18(23)22(2)17-7-4-9-19-10-8-17/h3,5-6,11-13,17,19H,4,7-10H2,1-2H3. The molecule has 1 fully saturated rings. The molecule has 1 unspecified atom stereocenters. The van der Waals surface area contributed by atoms with Crippen molar-refractivity contribution in [1.82, 2.24) is 20.0 Å². The van der Waals surface area contributed by atoms with Crippen molar-refractivity contribution in [1.29, 1.82) is 0 Å². The molecule has 122 valence electrons.